The van der Waals surface area contributed by atoms with Crippen molar-refractivity contribution in [2.75, 3.05) is 6.54 Å². The van der Waals surface area contributed by atoms with E-state index in [1.807, 2.05) is 6.92 Å². The molecule has 0 spiro atoms. The molecule has 3 N–H and O–H groups in total. The van der Waals surface area contributed by atoms with Crippen molar-refractivity contribution in [2.45, 2.75) is 13.5 Å². The highest BCUT2D eigenvalue weighted by Crippen LogP contribution is 1.95. The summed E-state index contributed by atoms with van der Waals surface area (Å²) in [5.41, 5.74) is 0.786. The SMILES string of the molecule is CCNCc1cnc(C(=O)O)[nH]1. The monoisotopic (exact) mass is 169 g/mol. The third-order valence-electron chi connectivity index (χ3n) is 1.40. The van der Waals surface area contributed by atoms with Gasteiger partial charge < -0.3 is 15.4 Å². The highest BCUT2D eigenvalue weighted by molar-refractivity contribution is 5.83. The zero-order valence-corrected chi connectivity index (χ0v) is 6.79. The Balaban J connectivity index is 2.58. The molecule has 5 nitrogen and oxygen atoms in total. The fraction of sp³-hybridized carbons (Fsp3) is 0.429. The number of imidazole rings is 1. The van der Waals surface area contributed by atoms with E-state index in [9.17, 15) is 4.79 Å². The van der Waals surface area contributed by atoms with E-state index < -0.39 is 5.97 Å². The van der Waals surface area contributed by atoms with Crippen molar-refractivity contribution in [3.8, 4) is 0 Å². The summed E-state index contributed by atoms with van der Waals surface area (Å²) in [6.45, 7) is 3.45. The Labute approximate surface area is 69.8 Å². The lowest BCUT2D eigenvalue weighted by Gasteiger charge is -1.95. The van der Waals surface area contributed by atoms with Crippen LogP contribution in [0.25, 0.3) is 0 Å². The number of hydrogen-bond acceptors (Lipinski definition) is 3. The molecule has 66 valence electrons. The van der Waals surface area contributed by atoms with Crippen LogP contribution in [0.2, 0.25) is 0 Å². The van der Waals surface area contributed by atoms with E-state index in [1.54, 1.807) is 0 Å². The van der Waals surface area contributed by atoms with Crippen LogP contribution >= 0.6 is 0 Å². The first kappa shape index (κ1) is 8.73. The fourth-order valence-corrected chi connectivity index (χ4v) is 0.817. The Morgan fingerprint density at radius 3 is 3.08 bits per heavy atom. The van der Waals surface area contributed by atoms with Crippen LogP contribution in [0.4, 0.5) is 0 Å². The van der Waals surface area contributed by atoms with Crippen molar-refractivity contribution in [2.24, 2.45) is 0 Å². The Kier molecular flexibility index (Phi) is 2.82. The molecule has 1 rings (SSSR count). The van der Waals surface area contributed by atoms with Gasteiger partial charge in [0.1, 0.15) is 0 Å². The number of aromatic nitrogens is 2. The van der Waals surface area contributed by atoms with Gasteiger partial charge in [0.15, 0.2) is 0 Å². The molecule has 0 amide bonds. The first-order valence-corrected chi connectivity index (χ1v) is 3.72. The van der Waals surface area contributed by atoms with Gasteiger partial charge in [-0.3, -0.25) is 0 Å². The summed E-state index contributed by atoms with van der Waals surface area (Å²) >= 11 is 0. The van der Waals surface area contributed by atoms with Crippen molar-refractivity contribution >= 4 is 5.97 Å². The number of carboxylic acid groups (broad SMARTS) is 1. The molecule has 0 radical (unpaired) electrons. The molecular formula is C7H11N3O2. The molecule has 0 aliphatic heterocycles. The third-order valence-corrected chi connectivity index (χ3v) is 1.40. The summed E-state index contributed by atoms with van der Waals surface area (Å²) in [7, 11) is 0. The van der Waals surface area contributed by atoms with Gasteiger partial charge in [-0.2, -0.15) is 0 Å². The molecule has 0 aromatic carbocycles. The number of H-pyrrole nitrogens is 1. The van der Waals surface area contributed by atoms with Crippen LogP contribution in [0.1, 0.15) is 23.2 Å². The topological polar surface area (TPSA) is 78.0 Å². The van der Waals surface area contributed by atoms with Gasteiger partial charge in [-0.05, 0) is 6.54 Å². The second-order valence-corrected chi connectivity index (χ2v) is 2.34. The molecule has 0 saturated heterocycles. The lowest BCUT2D eigenvalue weighted by Crippen LogP contribution is -2.12. The van der Waals surface area contributed by atoms with Gasteiger partial charge in [-0.1, -0.05) is 6.92 Å². The zero-order valence-electron chi connectivity index (χ0n) is 6.79. The number of hydrogen-bond donors (Lipinski definition) is 3. The van der Waals surface area contributed by atoms with E-state index in [0.29, 0.717) is 6.54 Å². The molecule has 0 atom stereocenters. The summed E-state index contributed by atoms with van der Waals surface area (Å²) in [4.78, 5) is 16.7. The molecule has 1 heterocycles. The number of nitrogens with one attached hydrogen (secondary N) is 2. The van der Waals surface area contributed by atoms with Crippen LogP contribution in [0.3, 0.4) is 0 Å². The van der Waals surface area contributed by atoms with E-state index >= 15 is 0 Å². The maximum Gasteiger partial charge on any atom is 0.371 e. The molecule has 0 aliphatic carbocycles. The van der Waals surface area contributed by atoms with Crippen molar-refractivity contribution in [3.05, 3.63) is 17.7 Å². The van der Waals surface area contributed by atoms with Crippen LogP contribution in [-0.4, -0.2) is 27.6 Å². The molecule has 0 unspecified atom stereocenters. The van der Waals surface area contributed by atoms with Crippen LogP contribution in [-0.2, 0) is 6.54 Å². The molecule has 1 aromatic rings. The normalized spacial score (nSPS) is 10.1. The lowest BCUT2D eigenvalue weighted by atomic mass is 10.5. The van der Waals surface area contributed by atoms with Gasteiger partial charge in [-0.25, -0.2) is 9.78 Å². The Hall–Kier alpha value is -1.36. The minimum atomic E-state index is -1.03. The summed E-state index contributed by atoms with van der Waals surface area (Å²) in [6, 6.07) is 0. The summed E-state index contributed by atoms with van der Waals surface area (Å²) in [6.07, 6.45) is 1.52. The summed E-state index contributed by atoms with van der Waals surface area (Å²) < 4.78 is 0. The van der Waals surface area contributed by atoms with Gasteiger partial charge in [0.25, 0.3) is 0 Å². The molecule has 0 saturated carbocycles. The Morgan fingerprint density at radius 2 is 2.58 bits per heavy atom. The smallest absolute Gasteiger partial charge is 0.371 e. The van der Waals surface area contributed by atoms with Crippen LogP contribution < -0.4 is 5.32 Å². The predicted molar refractivity (Wildman–Crippen MR) is 42.9 cm³/mol. The van der Waals surface area contributed by atoms with Crippen molar-refractivity contribution < 1.29 is 9.90 Å². The average molecular weight is 169 g/mol. The quantitative estimate of drug-likeness (QED) is 0.602. The van der Waals surface area contributed by atoms with Gasteiger partial charge >= 0.3 is 5.97 Å². The van der Waals surface area contributed by atoms with E-state index in [-0.39, 0.29) is 5.82 Å². The second kappa shape index (κ2) is 3.87. The molecule has 0 bridgehead atoms. The summed E-state index contributed by atoms with van der Waals surface area (Å²) in [5.74, 6) is -1.04. The Bertz CT molecular complexity index is 269. The van der Waals surface area contributed by atoms with Crippen molar-refractivity contribution in [1.82, 2.24) is 15.3 Å². The third kappa shape index (κ3) is 2.06. The number of carboxylic acids is 1. The molecule has 0 fully saturated rings. The molecular weight excluding hydrogens is 158 g/mol. The molecule has 5 heteroatoms. The van der Waals surface area contributed by atoms with E-state index in [4.69, 9.17) is 5.11 Å². The lowest BCUT2D eigenvalue weighted by molar-refractivity contribution is 0.0684. The number of nitrogens with zero attached hydrogens (tertiary/aromatic N) is 1. The largest absolute Gasteiger partial charge is 0.475 e. The fourth-order valence-electron chi connectivity index (χ4n) is 0.817. The average Bonchev–Trinajstić information content (AvgIpc) is 2.48. The minimum Gasteiger partial charge on any atom is -0.475 e. The number of aromatic carboxylic acids is 1. The zero-order chi connectivity index (χ0) is 8.97. The van der Waals surface area contributed by atoms with E-state index in [1.165, 1.54) is 6.20 Å². The van der Waals surface area contributed by atoms with Gasteiger partial charge in [0, 0.05) is 12.2 Å². The molecule has 0 aliphatic rings. The molecule has 12 heavy (non-hydrogen) atoms. The predicted octanol–water partition coefficient (Wildman–Crippen LogP) is 0.217. The van der Waals surface area contributed by atoms with Crippen molar-refractivity contribution in [1.29, 1.82) is 0 Å². The summed E-state index contributed by atoms with van der Waals surface area (Å²) in [5, 5.41) is 11.6. The number of rotatable bonds is 4. The highest BCUT2D eigenvalue weighted by Gasteiger charge is 2.06. The Morgan fingerprint density at radius 1 is 1.83 bits per heavy atom. The maximum atomic E-state index is 10.4. The van der Waals surface area contributed by atoms with Crippen LogP contribution in [0.15, 0.2) is 6.20 Å². The van der Waals surface area contributed by atoms with Gasteiger partial charge in [-0.15, -0.1) is 0 Å². The van der Waals surface area contributed by atoms with E-state index in [0.717, 1.165) is 12.2 Å². The number of carbonyl (C=O) groups is 1. The van der Waals surface area contributed by atoms with Crippen molar-refractivity contribution in [3.63, 3.8) is 0 Å². The van der Waals surface area contributed by atoms with Crippen LogP contribution in [0, 0.1) is 0 Å². The van der Waals surface area contributed by atoms with E-state index in [2.05, 4.69) is 15.3 Å². The first-order chi connectivity index (χ1) is 5.74. The first-order valence-electron chi connectivity index (χ1n) is 3.72. The number of aromatic amines is 1. The molecule has 1 aromatic heterocycles. The van der Waals surface area contributed by atoms with Gasteiger partial charge in [0.2, 0.25) is 5.82 Å². The standard InChI is InChI=1S/C7H11N3O2/c1-2-8-3-5-4-9-6(10-5)7(11)12/h4,8H,2-3H2,1H3,(H,9,10)(H,11,12). The second-order valence-electron chi connectivity index (χ2n) is 2.34. The highest BCUT2D eigenvalue weighted by atomic mass is 16.4. The van der Waals surface area contributed by atoms with Gasteiger partial charge in [0.05, 0.1) is 6.20 Å². The minimum absolute atomic E-state index is 0.0112. The van der Waals surface area contributed by atoms with Crippen LogP contribution in [0.5, 0.6) is 0 Å². The maximum absolute atomic E-state index is 10.4.